The minimum Gasteiger partial charge on any atom is -0.494 e. The van der Waals surface area contributed by atoms with Gasteiger partial charge in [-0.3, -0.25) is 0 Å². The Bertz CT molecular complexity index is 277. The molecule has 4 heteroatoms. The van der Waals surface area contributed by atoms with Crippen LogP contribution in [0.4, 0.5) is 0 Å². The van der Waals surface area contributed by atoms with Crippen LogP contribution in [-0.4, -0.2) is 26.0 Å². The van der Waals surface area contributed by atoms with E-state index in [2.05, 4.69) is 0 Å². The molecule has 12 heavy (non-hydrogen) atoms. The van der Waals surface area contributed by atoms with Gasteiger partial charge in [-0.05, 0) is 26.3 Å². The zero-order chi connectivity index (χ0) is 9.19. The zero-order valence-electron chi connectivity index (χ0n) is 7.41. The predicted octanol–water partition coefficient (Wildman–Crippen LogP) is 1.11. The first-order valence-corrected chi connectivity index (χ1v) is 5.85. The lowest BCUT2D eigenvalue weighted by Crippen LogP contribution is -2.13. The van der Waals surface area contributed by atoms with Crippen molar-refractivity contribution in [2.24, 2.45) is 0 Å². The Morgan fingerprint density at radius 2 is 2.25 bits per heavy atom. The van der Waals surface area contributed by atoms with Crippen LogP contribution in [0.3, 0.4) is 0 Å². The van der Waals surface area contributed by atoms with Gasteiger partial charge in [0.15, 0.2) is 9.84 Å². The first-order valence-electron chi connectivity index (χ1n) is 4.03. The Morgan fingerprint density at radius 1 is 1.58 bits per heavy atom. The summed E-state index contributed by atoms with van der Waals surface area (Å²) in [5.41, 5.74) is 0. The third-order valence-corrected chi connectivity index (χ3v) is 3.69. The first kappa shape index (κ1) is 9.58. The van der Waals surface area contributed by atoms with E-state index in [9.17, 15) is 8.42 Å². The van der Waals surface area contributed by atoms with Crippen LogP contribution in [0, 0.1) is 0 Å². The summed E-state index contributed by atoms with van der Waals surface area (Å²) in [5.74, 6) is 1.25. The summed E-state index contributed by atoms with van der Waals surface area (Å²) < 4.78 is 27.4. The summed E-state index contributed by atoms with van der Waals surface area (Å²) in [7, 11) is -2.80. The largest absolute Gasteiger partial charge is 0.494 e. The second-order valence-corrected chi connectivity index (χ2v) is 5.27. The van der Waals surface area contributed by atoms with Gasteiger partial charge < -0.3 is 4.74 Å². The van der Waals surface area contributed by atoms with Crippen molar-refractivity contribution in [3.8, 4) is 0 Å². The number of hydrogen-bond acceptors (Lipinski definition) is 3. The fourth-order valence-electron chi connectivity index (χ4n) is 1.18. The molecule has 70 valence electrons. The smallest absolute Gasteiger partial charge is 0.154 e. The van der Waals surface area contributed by atoms with Crippen LogP contribution in [0.15, 0.2) is 11.8 Å². The van der Waals surface area contributed by atoms with Crippen LogP contribution in [-0.2, 0) is 14.6 Å². The highest BCUT2D eigenvalue weighted by molar-refractivity contribution is 7.91. The van der Waals surface area contributed by atoms with Crippen LogP contribution in [0.5, 0.6) is 0 Å². The van der Waals surface area contributed by atoms with E-state index in [1.165, 1.54) is 0 Å². The molecule has 3 nitrogen and oxygen atoms in total. The second kappa shape index (κ2) is 3.47. The topological polar surface area (TPSA) is 43.4 Å². The summed E-state index contributed by atoms with van der Waals surface area (Å²) in [5, 5.41) is 0. The van der Waals surface area contributed by atoms with Gasteiger partial charge in [-0.1, -0.05) is 0 Å². The van der Waals surface area contributed by atoms with Crippen LogP contribution in [0.25, 0.3) is 0 Å². The molecule has 1 aliphatic heterocycles. The Kier molecular flexibility index (Phi) is 2.77. The molecule has 0 bridgehead atoms. The number of rotatable bonds is 2. The summed E-state index contributed by atoms with van der Waals surface area (Å²) in [6.07, 6.45) is 2.35. The molecule has 1 atom stereocenters. The van der Waals surface area contributed by atoms with E-state index in [1.807, 2.05) is 19.9 Å². The summed E-state index contributed by atoms with van der Waals surface area (Å²) in [6, 6.07) is 0. The van der Waals surface area contributed by atoms with Crippen molar-refractivity contribution in [3.05, 3.63) is 11.8 Å². The Hall–Kier alpha value is -0.510. The van der Waals surface area contributed by atoms with Crippen molar-refractivity contribution < 1.29 is 13.2 Å². The minimum atomic E-state index is -2.80. The van der Waals surface area contributed by atoms with Crippen molar-refractivity contribution >= 4 is 9.84 Å². The van der Waals surface area contributed by atoms with Crippen LogP contribution < -0.4 is 0 Å². The monoisotopic (exact) mass is 190 g/mol. The van der Waals surface area contributed by atoms with Gasteiger partial charge in [0.25, 0.3) is 0 Å². The van der Waals surface area contributed by atoms with Gasteiger partial charge in [-0.2, -0.15) is 0 Å². The van der Waals surface area contributed by atoms with E-state index in [0.29, 0.717) is 6.42 Å². The average Bonchev–Trinajstić information content (AvgIpc) is 2.30. The van der Waals surface area contributed by atoms with E-state index in [1.54, 1.807) is 0 Å². The SMILES string of the molecule is CC=C(C)OC1CCS(=O)(=O)C1. The molecule has 0 aromatic carbocycles. The molecule has 1 unspecified atom stereocenters. The molecule has 0 amide bonds. The lowest BCUT2D eigenvalue weighted by molar-refractivity contribution is 0.138. The molecule has 0 N–H and O–H groups in total. The lowest BCUT2D eigenvalue weighted by atomic mass is 10.3. The van der Waals surface area contributed by atoms with Gasteiger partial charge in [0.1, 0.15) is 6.10 Å². The molecule has 0 aromatic heterocycles. The van der Waals surface area contributed by atoms with Crippen LogP contribution in [0.1, 0.15) is 20.3 Å². The molecule has 0 spiro atoms. The molecule has 1 saturated heterocycles. The quantitative estimate of drug-likeness (QED) is 0.613. The molecular formula is C8H14O3S. The Balaban J connectivity index is 2.49. The van der Waals surface area contributed by atoms with Crippen molar-refractivity contribution in [2.75, 3.05) is 11.5 Å². The molecule has 0 radical (unpaired) electrons. The maximum absolute atomic E-state index is 11.0. The predicted molar refractivity (Wildman–Crippen MR) is 47.6 cm³/mol. The van der Waals surface area contributed by atoms with Crippen molar-refractivity contribution in [3.63, 3.8) is 0 Å². The van der Waals surface area contributed by atoms with Gasteiger partial charge in [0.2, 0.25) is 0 Å². The molecule has 1 aliphatic rings. The van der Waals surface area contributed by atoms with E-state index in [0.717, 1.165) is 5.76 Å². The minimum absolute atomic E-state index is 0.119. The van der Waals surface area contributed by atoms with E-state index in [4.69, 9.17) is 4.74 Å². The summed E-state index contributed by atoms with van der Waals surface area (Å²) in [6.45, 7) is 3.71. The van der Waals surface area contributed by atoms with Crippen LogP contribution in [0.2, 0.25) is 0 Å². The van der Waals surface area contributed by atoms with Gasteiger partial charge in [0, 0.05) is 0 Å². The molecule has 1 rings (SSSR count). The van der Waals surface area contributed by atoms with Crippen LogP contribution >= 0.6 is 0 Å². The lowest BCUT2D eigenvalue weighted by Gasteiger charge is -2.11. The maximum atomic E-state index is 11.0. The Morgan fingerprint density at radius 3 is 2.67 bits per heavy atom. The van der Waals surface area contributed by atoms with E-state index in [-0.39, 0.29) is 17.6 Å². The van der Waals surface area contributed by atoms with Crippen molar-refractivity contribution in [2.45, 2.75) is 26.4 Å². The number of sulfone groups is 1. The highest BCUT2D eigenvalue weighted by atomic mass is 32.2. The zero-order valence-corrected chi connectivity index (χ0v) is 8.23. The fraction of sp³-hybridized carbons (Fsp3) is 0.750. The Labute approximate surface area is 73.3 Å². The second-order valence-electron chi connectivity index (χ2n) is 3.04. The summed E-state index contributed by atoms with van der Waals surface area (Å²) in [4.78, 5) is 0. The fourth-order valence-corrected chi connectivity index (χ4v) is 2.77. The normalized spacial score (nSPS) is 28.8. The standard InChI is InChI=1S/C8H14O3S/c1-3-7(2)11-8-4-5-12(9,10)6-8/h3,8H,4-6H2,1-2H3. The number of ether oxygens (including phenoxy) is 1. The van der Waals surface area contributed by atoms with Gasteiger partial charge >= 0.3 is 0 Å². The van der Waals surface area contributed by atoms with Crippen molar-refractivity contribution in [1.82, 2.24) is 0 Å². The third-order valence-electron chi connectivity index (χ3n) is 1.95. The van der Waals surface area contributed by atoms with E-state index >= 15 is 0 Å². The van der Waals surface area contributed by atoms with Gasteiger partial charge in [-0.25, -0.2) is 8.42 Å². The highest BCUT2D eigenvalue weighted by Gasteiger charge is 2.29. The third kappa shape index (κ3) is 2.52. The molecule has 1 fully saturated rings. The van der Waals surface area contributed by atoms with E-state index < -0.39 is 9.84 Å². The average molecular weight is 190 g/mol. The molecular weight excluding hydrogens is 176 g/mol. The summed E-state index contributed by atoms with van der Waals surface area (Å²) >= 11 is 0. The highest BCUT2D eigenvalue weighted by Crippen LogP contribution is 2.17. The molecule has 1 heterocycles. The number of allylic oxidation sites excluding steroid dienone is 2. The molecule has 0 aromatic rings. The van der Waals surface area contributed by atoms with Gasteiger partial charge in [0.05, 0.1) is 17.3 Å². The molecule has 0 aliphatic carbocycles. The molecule has 0 saturated carbocycles. The van der Waals surface area contributed by atoms with Crippen molar-refractivity contribution in [1.29, 1.82) is 0 Å². The maximum Gasteiger partial charge on any atom is 0.154 e. The number of hydrogen-bond donors (Lipinski definition) is 0. The first-order chi connectivity index (χ1) is 5.53. The van der Waals surface area contributed by atoms with Gasteiger partial charge in [-0.15, -0.1) is 0 Å².